The number of hydrogen-bond acceptors (Lipinski definition) is 2. The molecule has 0 aromatic heterocycles. The summed E-state index contributed by atoms with van der Waals surface area (Å²) in [5.74, 6) is 1.34. The molecule has 1 unspecified atom stereocenters. The predicted octanol–water partition coefficient (Wildman–Crippen LogP) is 3.74. The molecule has 21 heavy (non-hydrogen) atoms. The van der Waals surface area contributed by atoms with Crippen LogP contribution in [0.4, 0.5) is 0 Å². The molecule has 0 saturated heterocycles. The summed E-state index contributed by atoms with van der Waals surface area (Å²) >= 11 is 5.56. The highest BCUT2D eigenvalue weighted by Crippen LogP contribution is 2.21. The minimum absolute atomic E-state index is 0.0182. The molecule has 0 aliphatic heterocycles. The Morgan fingerprint density at radius 3 is 2.76 bits per heavy atom. The van der Waals surface area contributed by atoms with Gasteiger partial charge in [0.05, 0.1) is 6.54 Å². The van der Waals surface area contributed by atoms with Crippen molar-refractivity contribution in [2.24, 2.45) is 0 Å². The quantitative estimate of drug-likeness (QED) is 0.791. The molecule has 0 aliphatic rings. The van der Waals surface area contributed by atoms with Crippen LogP contribution in [0.15, 0.2) is 42.5 Å². The van der Waals surface area contributed by atoms with E-state index >= 15 is 0 Å². The molecular weight excluding hydrogens is 286 g/mol. The Labute approximate surface area is 130 Å². The fourth-order valence-corrected chi connectivity index (χ4v) is 2.22. The largest absolute Gasteiger partial charge is 0.489 e. The van der Waals surface area contributed by atoms with Crippen molar-refractivity contribution in [2.75, 3.05) is 12.4 Å². The Balaban J connectivity index is 1.86. The highest BCUT2D eigenvalue weighted by atomic mass is 35.5. The van der Waals surface area contributed by atoms with Crippen LogP contribution in [0.5, 0.6) is 5.75 Å². The van der Waals surface area contributed by atoms with Crippen LogP contribution in [0.25, 0.3) is 10.8 Å². The number of nitrogens with one attached hydrogen (secondary N) is 1. The van der Waals surface area contributed by atoms with Crippen molar-refractivity contribution in [3.05, 3.63) is 42.5 Å². The average Bonchev–Trinajstić information content (AvgIpc) is 2.50. The summed E-state index contributed by atoms with van der Waals surface area (Å²) in [4.78, 5) is 11.5. The standard InChI is InChI=1S/C17H20ClNO2/c1-13(12-19-17(20)7-4-10-18)21-16-9-8-14-5-2-3-6-15(14)11-16/h2-3,5-6,8-9,11,13H,4,7,10,12H2,1H3,(H,19,20). The number of amides is 1. The van der Waals surface area contributed by atoms with Gasteiger partial charge in [0, 0.05) is 12.3 Å². The van der Waals surface area contributed by atoms with Crippen LogP contribution in [0.3, 0.4) is 0 Å². The first-order valence-electron chi connectivity index (χ1n) is 7.17. The third-order valence-corrected chi connectivity index (χ3v) is 3.45. The van der Waals surface area contributed by atoms with E-state index in [9.17, 15) is 4.79 Å². The number of carbonyl (C=O) groups is 1. The third kappa shape index (κ3) is 4.94. The number of alkyl halides is 1. The van der Waals surface area contributed by atoms with E-state index in [0.717, 1.165) is 11.1 Å². The summed E-state index contributed by atoms with van der Waals surface area (Å²) in [6, 6.07) is 14.2. The summed E-state index contributed by atoms with van der Waals surface area (Å²) in [6.45, 7) is 2.44. The molecule has 0 radical (unpaired) electrons. The Bertz CT molecular complexity index is 600. The van der Waals surface area contributed by atoms with Gasteiger partial charge in [-0.25, -0.2) is 0 Å². The SMILES string of the molecule is CC(CNC(=O)CCCCl)Oc1ccc2ccccc2c1. The van der Waals surface area contributed by atoms with Crippen molar-refractivity contribution in [1.29, 1.82) is 0 Å². The molecule has 2 aromatic carbocycles. The van der Waals surface area contributed by atoms with Gasteiger partial charge in [-0.3, -0.25) is 4.79 Å². The zero-order chi connectivity index (χ0) is 15.1. The van der Waals surface area contributed by atoms with Gasteiger partial charge in [0.1, 0.15) is 11.9 Å². The number of ether oxygens (including phenoxy) is 1. The molecule has 112 valence electrons. The number of halogens is 1. The lowest BCUT2D eigenvalue weighted by Crippen LogP contribution is -2.33. The Morgan fingerprint density at radius 1 is 1.24 bits per heavy atom. The normalized spacial score (nSPS) is 12.1. The van der Waals surface area contributed by atoms with Gasteiger partial charge in [-0.1, -0.05) is 30.3 Å². The molecule has 0 aliphatic carbocycles. The van der Waals surface area contributed by atoms with Gasteiger partial charge in [0.25, 0.3) is 0 Å². The summed E-state index contributed by atoms with van der Waals surface area (Å²) in [7, 11) is 0. The molecule has 0 saturated carbocycles. The summed E-state index contributed by atoms with van der Waals surface area (Å²) in [5, 5.41) is 5.19. The maximum absolute atomic E-state index is 11.5. The molecule has 0 bridgehead atoms. The van der Waals surface area contributed by atoms with Gasteiger partial charge in [0.15, 0.2) is 0 Å². The molecule has 4 heteroatoms. The van der Waals surface area contributed by atoms with E-state index in [2.05, 4.69) is 17.4 Å². The molecule has 2 rings (SSSR count). The van der Waals surface area contributed by atoms with Crippen molar-refractivity contribution in [3.63, 3.8) is 0 Å². The van der Waals surface area contributed by atoms with Crippen LogP contribution in [-0.4, -0.2) is 24.4 Å². The van der Waals surface area contributed by atoms with Gasteiger partial charge in [-0.05, 0) is 36.2 Å². The topological polar surface area (TPSA) is 38.3 Å². The van der Waals surface area contributed by atoms with E-state index in [1.165, 1.54) is 5.39 Å². The zero-order valence-corrected chi connectivity index (χ0v) is 12.9. The number of carbonyl (C=O) groups excluding carboxylic acids is 1. The fourth-order valence-electron chi connectivity index (χ4n) is 2.09. The molecule has 1 N–H and O–H groups in total. The van der Waals surface area contributed by atoms with Crippen LogP contribution in [0, 0.1) is 0 Å². The molecule has 0 fully saturated rings. The van der Waals surface area contributed by atoms with Crippen molar-refractivity contribution in [1.82, 2.24) is 5.32 Å². The van der Waals surface area contributed by atoms with E-state index in [1.807, 2.05) is 37.3 Å². The van der Waals surface area contributed by atoms with Gasteiger partial charge in [0.2, 0.25) is 5.91 Å². The van der Waals surface area contributed by atoms with Crippen LogP contribution >= 0.6 is 11.6 Å². The number of fused-ring (bicyclic) bond motifs is 1. The Morgan fingerprint density at radius 2 is 2.00 bits per heavy atom. The Kier molecular flexibility index (Phi) is 5.88. The third-order valence-electron chi connectivity index (χ3n) is 3.18. The summed E-state index contributed by atoms with van der Waals surface area (Å²) in [5.41, 5.74) is 0. The molecule has 3 nitrogen and oxygen atoms in total. The monoisotopic (exact) mass is 305 g/mol. The highest BCUT2D eigenvalue weighted by Gasteiger charge is 2.07. The first-order chi connectivity index (χ1) is 10.2. The number of benzene rings is 2. The zero-order valence-electron chi connectivity index (χ0n) is 12.1. The van der Waals surface area contributed by atoms with E-state index in [-0.39, 0.29) is 12.0 Å². The average molecular weight is 306 g/mol. The maximum atomic E-state index is 11.5. The molecule has 0 spiro atoms. The van der Waals surface area contributed by atoms with Crippen LogP contribution in [0.2, 0.25) is 0 Å². The van der Waals surface area contributed by atoms with Crippen molar-refractivity contribution < 1.29 is 9.53 Å². The predicted molar refractivity (Wildman–Crippen MR) is 87.0 cm³/mol. The first kappa shape index (κ1) is 15.6. The second-order valence-electron chi connectivity index (χ2n) is 5.03. The van der Waals surface area contributed by atoms with E-state index in [0.29, 0.717) is 25.3 Å². The van der Waals surface area contributed by atoms with Gasteiger partial charge < -0.3 is 10.1 Å². The lowest BCUT2D eigenvalue weighted by Gasteiger charge is -2.16. The smallest absolute Gasteiger partial charge is 0.220 e. The van der Waals surface area contributed by atoms with Crippen LogP contribution in [-0.2, 0) is 4.79 Å². The highest BCUT2D eigenvalue weighted by molar-refractivity contribution is 6.17. The minimum atomic E-state index is -0.0777. The maximum Gasteiger partial charge on any atom is 0.220 e. The van der Waals surface area contributed by atoms with Crippen molar-refractivity contribution in [3.8, 4) is 5.75 Å². The van der Waals surface area contributed by atoms with Crippen molar-refractivity contribution in [2.45, 2.75) is 25.9 Å². The van der Waals surface area contributed by atoms with Gasteiger partial charge >= 0.3 is 0 Å². The minimum Gasteiger partial charge on any atom is -0.489 e. The lowest BCUT2D eigenvalue weighted by atomic mass is 10.1. The van der Waals surface area contributed by atoms with E-state index < -0.39 is 0 Å². The van der Waals surface area contributed by atoms with Gasteiger partial charge in [-0.2, -0.15) is 0 Å². The van der Waals surface area contributed by atoms with Crippen molar-refractivity contribution >= 4 is 28.3 Å². The lowest BCUT2D eigenvalue weighted by molar-refractivity contribution is -0.121. The molecule has 1 amide bonds. The molecule has 1 atom stereocenters. The summed E-state index contributed by atoms with van der Waals surface area (Å²) in [6.07, 6.45) is 1.09. The Hall–Kier alpha value is -1.74. The van der Waals surface area contributed by atoms with Crippen LogP contribution in [0.1, 0.15) is 19.8 Å². The second-order valence-corrected chi connectivity index (χ2v) is 5.41. The molecular formula is C17H20ClNO2. The first-order valence-corrected chi connectivity index (χ1v) is 7.70. The van der Waals surface area contributed by atoms with Gasteiger partial charge in [-0.15, -0.1) is 11.6 Å². The molecule has 0 heterocycles. The second kappa shape index (κ2) is 7.89. The van der Waals surface area contributed by atoms with E-state index in [4.69, 9.17) is 16.3 Å². The number of hydrogen-bond donors (Lipinski definition) is 1. The number of rotatable bonds is 7. The fraction of sp³-hybridized carbons (Fsp3) is 0.353. The molecule has 2 aromatic rings. The van der Waals surface area contributed by atoms with Crippen LogP contribution < -0.4 is 10.1 Å². The van der Waals surface area contributed by atoms with E-state index in [1.54, 1.807) is 0 Å². The summed E-state index contributed by atoms with van der Waals surface area (Å²) < 4.78 is 5.84.